The summed E-state index contributed by atoms with van der Waals surface area (Å²) in [4.78, 5) is 29.8. The highest BCUT2D eigenvalue weighted by atomic mass is 19.1. The minimum absolute atomic E-state index is 0.127. The van der Waals surface area contributed by atoms with Crippen molar-refractivity contribution < 1.29 is 28.2 Å². The largest absolute Gasteiger partial charge is 0.493 e. The first-order valence-electron chi connectivity index (χ1n) is 13.2. The van der Waals surface area contributed by atoms with Crippen molar-refractivity contribution in [3.63, 3.8) is 0 Å². The molecule has 1 saturated heterocycles. The summed E-state index contributed by atoms with van der Waals surface area (Å²) >= 11 is 0. The molecule has 40 heavy (non-hydrogen) atoms. The number of carbonyl (C=O) groups excluding carboxylic acids is 1. The number of nitrogens with one attached hydrogen (secondary N) is 2. The molecule has 1 unspecified atom stereocenters. The van der Waals surface area contributed by atoms with E-state index in [-0.39, 0.29) is 24.2 Å². The van der Waals surface area contributed by atoms with Crippen LogP contribution in [-0.2, 0) is 17.8 Å². The van der Waals surface area contributed by atoms with Crippen molar-refractivity contribution in [3.05, 3.63) is 107 Å². The first kappa shape index (κ1) is 27.1. The Bertz CT molecular complexity index is 1500. The van der Waals surface area contributed by atoms with Gasteiger partial charge in [0.2, 0.25) is 5.89 Å². The van der Waals surface area contributed by atoms with Crippen molar-refractivity contribution in [2.45, 2.75) is 38.3 Å². The molecule has 0 spiro atoms. The van der Waals surface area contributed by atoms with Gasteiger partial charge in [-0.15, -0.1) is 0 Å². The van der Waals surface area contributed by atoms with E-state index in [2.05, 4.69) is 15.6 Å². The van der Waals surface area contributed by atoms with Crippen LogP contribution in [0.2, 0.25) is 0 Å². The minimum atomic E-state index is -0.966. The maximum absolute atomic E-state index is 13.6. The van der Waals surface area contributed by atoms with Crippen LogP contribution in [0.1, 0.15) is 45.3 Å². The molecule has 3 N–H and O–H groups in total. The lowest BCUT2D eigenvalue weighted by atomic mass is 9.88. The quantitative estimate of drug-likeness (QED) is 0.262. The van der Waals surface area contributed by atoms with E-state index in [0.29, 0.717) is 60.1 Å². The second-order valence-corrected chi connectivity index (χ2v) is 9.71. The molecule has 1 aliphatic rings. The van der Waals surface area contributed by atoms with Crippen molar-refractivity contribution in [1.82, 2.24) is 15.6 Å². The summed E-state index contributed by atoms with van der Waals surface area (Å²) in [5.74, 6) is -0.385. The summed E-state index contributed by atoms with van der Waals surface area (Å²) in [6, 6.07) is 20.0. The van der Waals surface area contributed by atoms with Crippen molar-refractivity contribution in [1.29, 1.82) is 0 Å². The molecule has 0 radical (unpaired) electrons. The van der Waals surface area contributed by atoms with Crippen LogP contribution in [0.4, 0.5) is 4.39 Å². The van der Waals surface area contributed by atoms with E-state index in [1.807, 2.05) is 37.3 Å². The fourth-order valence-electron chi connectivity index (χ4n) is 5.00. The number of hydrogen-bond donors (Lipinski definition) is 3. The average molecular weight is 544 g/mol. The van der Waals surface area contributed by atoms with Gasteiger partial charge in [-0.3, -0.25) is 9.59 Å². The van der Waals surface area contributed by atoms with E-state index >= 15 is 0 Å². The minimum Gasteiger partial charge on any atom is -0.493 e. The topological polar surface area (TPSA) is 114 Å². The van der Waals surface area contributed by atoms with Gasteiger partial charge in [-0.1, -0.05) is 36.4 Å². The zero-order valence-electron chi connectivity index (χ0n) is 22.0. The molecule has 4 aromatic rings. The van der Waals surface area contributed by atoms with E-state index in [1.54, 1.807) is 30.3 Å². The fraction of sp³-hybridized carbons (Fsp3) is 0.258. The van der Waals surface area contributed by atoms with E-state index in [4.69, 9.17) is 9.15 Å². The molecule has 0 bridgehead atoms. The molecular formula is C31H30FN3O5. The predicted octanol–water partition coefficient (Wildman–Crippen LogP) is 4.87. The van der Waals surface area contributed by atoms with E-state index in [0.717, 1.165) is 11.3 Å². The number of hydrogen-bond acceptors (Lipinski definition) is 6. The lowest BCUT2D eigenvalue weighted by Gasteiger charge is -2.20. The Morgan fingerprint density at radius 2 is 1.95 bits per heavy atom. The SMILES string of the molecule is Cc1oc(-c2ccccc2)nc1CCOc1ccc(C2CCN[C@@H]2C(=O)O)c(C(=O)NCc2cccc(F)c2)c1. The van der Waals surface area contributed by atoms with Crippen LogP contribution in [0.3, 0.4) is 0 Å². The number of aromatic nitrogens is 1. The van der Waals surface area contributed by atoms with Gasteiger partial charge in [-0.25, -0.2) is 9.37 Å². The lowest BCUT2D eigenvalue weighted by molar-refractivity contribution is -0.139. The molecule has 5 rings (SSSR count). The molecule has 0 aliphatic carbocycles. The summed E-state index contributed by atoms with van der Waals surface area (Å²) in [5.41, 5.74) is 3.25. The molecule has 1 aliphatic heterocycles. The third kappa shape index (κ3) is 6.21. The molecule has 2 atom stereocenters. The Labute approximate surface area is 231 Å². The number of carboxylic acids is 1. The number of amides is 1. The summed E-state index contributed by atoms with van der Waals surface area (Å²) < 4.78 is 25.4. The highest BCUT2D eigenvalue weighted by Crippen LogP contribution is 2.33. The average Bonchev–Trinajstić information content (AvgIpc) is 3.59. The van der Waals surface area contributed by atoms with Gasteiger partial charge < -0.3 is 24.9 Å². The third-order valence-corrected chi connectivity index (χ3v) is 7.02. The summed E-state index contributed by atoms with van der Waals surface area (Å²) in [7, 11) is 0. The molecule has 3 aromatic carbocycles. The number of aliphatic carboxylic acids is 1. The highest BCUT2D eigenvalue weighted by Gasteiger charge is 2.36. The number of benzene rings is 3. The fourth-order valence-corrected chi connectivity index (χ4v) is 5.00. The van der Waals surface area contributed by atoms with Crippen LogP contribution < -0.4 is 15.4 Å². The molecule has 206 valence electrons. The van der Waals surface area contributed by atoms with Crippen molar-refractivity contribution in [2.75, 3.05) is 13.2 Å². The van der Waals surface area contributed by atoms with Crippen LogP contribution >= 0.6 is 0 Å². The smallest absolute Gasteiger partial charge is 0.321 e. The van der Waals surface area contributed by atoms with Crippen molar-refractivity contribution >= 4 is 11.9 Å². The zero-order chi connectivity index (χ0) is 28.1. The van der Waals surface area contributed by atoms with Gasteiger partial charge in [-0.05, 0) is 67.4 Å². The molecule has 2 heterocycles. The first-order chi connectivity index (χ1) is 19.4. The van der Waals surface area contributed by atoms with Crippen LogP contribution in [-0.4, -0.2) is 41.2 Å². The zero-order valence-corrected chi connectivity index (χ0v) is 22.0. The number of rotatable bonds is 10. The van der Waals surface area contributed by atoms with Gasteiger partial charge in [0.1, 0.15) is 23.4 Å². The predicted molar refractivity (Wildman–Crippen MR) is 147 cm³/mol. The lowest BCUT2D eigenvalue weighted by Crippen LogP contribution is -2.35. The summed E-state index contributed by atoms with van der Waals surface area (Å²) in [6.07, 6.45) is 1.08. The highest BCUT2D eigenvalue weighted by molar-refractivity contribution is 5.96. The Kier molecular flexibility index (Phi) is 8.21. The van der Waals surface area contributed by atoms with Crippen molar-refractivity contribution in [2.24, 2.45) is 0 Å². The summed E-state index contributed by atoms with van der Waals surface area (Å²) in [5, 5.41) is 15.5. The Balaban J connectivity index is 1.32. The number of oxazole rings is 1. The molecule has 0 saturated carbocycles. The first-order valence-corrected chi connectivity index (χ1v) is 13.2. The number of halogens is 1. The molecule has 8 nitrogen and oxygen atoms in total. The second kappa shape index (κ2) is 12.1. The standard InChI is InChI=1S/C31H30FN3O5/c1-19-27(35-30(40-19)21-7-3-2-4-8-21)13-15-39-23-10-11-24(25-12-14-33-28(25)31(37)38)26(17-23)29(36)34-18-20-6-5-9-22(32)16-20/h2-11,16-17,25,28,33H,12-15,18H2,1H3,(H,34,36)(H,37,38)/t25?,28-/m0/s1. The van der Waals surface area contributed by atoms with Gasteiger partial charge in [0, 0.05) is 30.0 Å². The van der Waals surface area contributed by atoms with Gasteiger partial charge in [0.25, 0.3) is 5.91 Å². The van der Waals surface area contributed by atoms with Gasteiger partial charge >= 0.3 is 5.97 Å². The van der Waals surface area contributed by atoms with Gasteiger partial charge in [0.15, 0.2) is 0 Å². The van der Waals surface area contributed by atoms with E-state index < -0.39 is 12.0 Å². The van der Waals surface area contributed by atoms with Crippen LogP contribution in [0.15, 0.2) is 77.2 Å². The number of carbonyl (C=O) groups is 2. The molecule has 1 amide bonds. The number of aryl methyl sites for hydroxylation is 1. The normalized spacial score (nSPS) is 16.6. The van der Waals surface area contributed by atoms with Crippen LogP contribution in [0.5, 0.6) is 5.75 Å². The number of ether oxygens (including phenoxy) is 1. The Morgan fingerprint density at radius 3 is 2.73 bits per heavy atom. The second-order valence-electron chi connectivity index (χ2n) is 9.71. The molecule has 1 fully saturated rings. The number of carboxylic acid groups (broad SMARTS) is 1. The monoisotopic (exact) mass is 543 g/mol. The van der Waals surface area contributed by atoms with E-state index in [1.165, 1.54) is 12.1 Å². The molecule has 1 aromatic heterocycles. The maximum atomic E-state index is 13.6. The van der Waals surface area contributed by atoms with Crippen LogP contribution in [0.25, 0.3) is 11.5 Å². The van der Waals surface area contributed by atoms with Crippen LogP contribution in [0, 0.1) is 12.7 Å². The molecular weight excluding hydrogens is 513 g/mol. The number of nitrogens with zero attached hydrogens (tertiary/aromatic N) is 1. The van der Waals surface area contributed by atoms with Crippen molar-refractivity contribution in [3.8, 4) is 17.2 Å². The third-order valence-electron chi connectivity index (χ3n) is 7.02. The molecule has 9 heteroatoms. The van der Waals surface area contributed by atoms with Gasteiger partial charge in [0.05, 0.1) is 12.3 Å². The maximum Gasteiger partial charge on any atom is 0.321 e. The summed E-state index contributed by atoms with van der Waals surface area (Å²) in [6.45, 7) is 2.82. The van der Waals surface area contributed by atoms with E-state index in [9.17, 15) is 19.1 Å². The Hall–Kier alpha value is -4.50. The van der Waals surface area contributed by atoms with Gasteiger partial charge in [-0.2, -0.15) is 0 Å². The Morgan fingerprint density at radius 1 is 1.12 bits per heavy atom.